The van der Waals surface area contributed by atoms with Crippen LogP contribution < -0.4 is 10.1 Å². The van der Waals surface area contributed by atoms with Crippen molar-refractivity contribution in [2.24, 2.45) is 4.99 Å². The van der Waals surface area contributed by atoms with E-state index < -0.39 is 0 Å². The second kappa shape index (κ2) is 8.87. The first-order chi connectivity index (χ1) is 15.4. The van der Waals surface area contributed by atoms with Crippen molar-refractivity contribution >= 4 is 51.2 Å². The smallest absolute Gasteiger partial charge is 0.282 e. The summed E-state index contributed by atoms with van der Waals surface area (Å²) in [5.41, 5.74) is 3.33. The van der Waals surface area contributed by atoms with Gasteiger partial charge in [0.05, 0.1) is 19.3 Å². The summed E-state index contributed by atoms with van der Waals surface area (Å²) < 4.78 is 5.52. The number of amides is 2. The van der Waals surface area contributed by atoms with Crippen molar-refractivity contribution in [1.29, 1.82) is 0 Å². The zero-order chi connectivity index (χ0) is 22.8. The van der Waals surface area contributed by atoms with Crippen LogP contribution in [0.1, 0.15) is 27.3 Å². The SMILES string of the molecule is COc1cc2c(cc1Nc1ncnc3sc(C(=O)N(C)CCC(=O)N(C)C)nc13)C=NC2. The minimum Gasteiger partial charge on any atom is -0.495 e. The summed E-state index contributed by atoms with van der Waals surface area (Å²) in [7, 11) is 6.63. The van der Waals surface area contributed by atoms with E-state index in [0.717, 1.165) is 16.8 Å². The van der Waals surface area contributed by atoms with Crippen molar-refractivity contribution in [2.45, 2.75) is 13.0 Å². The maximum Gasteiger partial charge on any atom is 0.282 e. The van der Waals surface area contributed by atoms with Crippen LogP contribution in [0.4, 0.5) is 11.5 Å². The van der Waals surface area contributed by atoms with E-state index in [2.05, 4.69) is 25.3 Å². The third kappa shape index (κ3) is 4.24. The predicted molar refractivity (Wildman–Crippen MR) is 123 cm³/mol. The first-order valence-corrected chi connectivity index (χ1v) is 10.7. The highest BCUT2D eigenvalue weighted by Gasteiger charge is 2.21. The zero-order valence-electron chi connectivity index (χ0n) is 18.2. The Morgan fingerprint density at radius 1 is 1.22 bits per heavy atom. The standard InChI is InChI=1S/C21H23N7O3S/c1-27(2)16(29)5-6-28(3)21(30)20-26-17-18(23-11-24-19(17)32-20)25-14-7-12-9-22-10-13(12)8-15(14)31-4/h7-9,11H,5-6,10H2,1-4H3,(H,23,24,25). The minimum atomic E-state index is -0.267. The van der Waals surface area contributed by atoms with Gasteiger partial charge in [0.15, 0.2) is 10.8 Å². The fourth-order valence-electron chi connectivity index (χ4n) is 3.22. The predicted octanol–water partition coefficient (Wildman–Crippen LogP) is 2.32. The summed E-state index contributed by atoms with van der Waals surface area (Å²) in [5, 5.41) is 3.55. The van der Waals surface area contributed by atoms with Crippen molar-refractivity contribution in [3.63, 3.8) is 0 Å². The van der Waals surface area contributed by atoms with Crippen LogP contribution in [0.2, 0.25) is 0 Å². The second-order valence-electron chi connectivity index (χ2n) is 7.51. The number of nitrogens with one attached hydrogen (secondary N) is 1. The molecule has 0 fully saturated rings. The van der Waals surface area contributed by atoms with Crippen LogP contribution in [0, 0.1) is 0 Å². The molecule has 1 aromatic carbocycles. The third-order valence-electron chi connectivity index (χ3n) is 5.09. The number of carbonyl (C=O) groups is 2. The molecule has 2 aromatic heterocycles. The van der Waals surface area contributed by atoms with Crippen LogP contribution in [-0.2, 0) is 11.3 Å². The van der Waals surface area contributed by atoms with E-state index in [1.807, 2.05) is 18.3 Å². The summed E-state index contributed by atoms with van der Waals surface area (Å²) in [5.74, 6) is 0.832. The van der Waals surface area contributed by atoms with E-state index in [-0.39, 0.29) is 23.2 Å². The van der Waals surface area contributed by atoms with Gasteiger partial charge in [-0.25, -0.2) is 15.0 Å². The molecule has 0 spiro atoms. The number of ether oxygens (including phenoxy) is 1. The Hall–Kier alpha value is -3.60. The maximum atomic E-state index is 12.8. The number of anilines is 2. The number of rotatable bonds is 7. The van der Waals surface area contributed by atoms with Gasteiger partial charge in [0.1, 0.15) is 22.4 Å². The highest BCUT2D eigenvalue weighted by molar-refractivity contribution is 7.19. The lowest BCUT2D eigenvalue weighted by Crippen LogP contribution is -2.32. The average Bonchev–Trinajstić information content (AvgIpc) is 3.42. The van der Waals surface area contributed by atoms with Crippen molar-refractivity contribution in [3.8, 4) is 5.75 Å². The molecular formula is C21H23N7O3S. The van der Waals surface area contributed by atoms with Crippen LogP contribution in [0.25, 0.3) is 10.3 Å². The normalized spacial score (nSPS) is 12.0. The van der Waals surface area contributed by atoms with Gasteiger partial charge < -0.3 is 19.9 Å². The number of hydrogen-bond donors (Lipinski definition) is 1. The fraction of sp³-hybridized carbons (Fsp3) is 0.333. The molecule has 0 atom stereocenters. The zero-order valence-corrected chi connectivity index (χ0v) is 19.1. The average molecular weight is 454 g/mol. The molecule has 0 radical (unpaired) electrons. The first-order valence-electron chi connectivity index (χ1n) is 9.92. The molecular weight excluding hydrogens is 430 g/mol. The van der Waals surface area contributed by atoms with E-state index in [4.69, 9.17) is 4.74 Å². The molecule has 0 unspecified atom stereocenters. The summed E-state index contributed by atoms with van der Waals surface area (Å²) in [6, 6.07) is 3.90. The number of nitrogens with zero attached hydrogens (tertiary/aromatic N) is 6. The molecule has 11 heteroatoms. The van der Waals surface area contributed by atoms with Gasteiger partial charge in [0.2, 0.25) is 5.91 Å². The van der Waals surface area contributed by atoms with Crippen LogP contribution in [0.5, 0.6) is 5.75 Å². The summed E-state index contributed by atoms with van der Waals surface area (Å²) in [6.07, 6.45) is 3.50. The first kappa shape index (κ1) is 21.6. The number of hydrogen-bond acceptors (Lipinski definition) is 9. The van der Waals surface area contributed by atoms with Gasteiger partial charge in [-0.05, 0) is 23.3 Å². The molecule has 0 aliphatic carbocycles. The molecule has 0 saturated carbocycles. The van der Waals surface area contributed by atoms with Crippen molar-refractivity contribution in [3.05, 3.63) is 34.6 Å². The Morgan fingerprint density at radius 2 is 2.03 bits per heavy atom. The Bertz CT molecular complexity index is 1220. The molecule has 1 aliphatic heterocycles. The van der Waals surface area contributed by atoms with E-state index in [1.165, 1.54) is 27.5 Å². The van der Waals surface area contributed by atoms with E-state index in [9.17, 15) is 9.59 Å². The molecule has 4 rings (SSSR count). The van der Waals surface area contributed by atoms with Crippen LogP contribution in [0.15, 0.2) is 23.5 Å². The van der Waals surface area contributed by atoms with Crippen LogP contribution in [0.3, 0.4) is 0 Å². The van der Waals surface area contributed by atoms with Gasteiger partial charge in [-0.1, -0.05) is 11.3 Å². The molecule has 32 heavy (non-hydrogen) atoms. The van der Waals surface area contributed by atoms with Crippen LogP contribution >= 0.6 is 11.3 Å². The second-order valence-corrected chi connectivity index (χ2v) is 8.48. The van der Waals surface area contributed by atoms with Crippen molar-refractivity contribution in [2.75, 3.05) is 40.1 Å². The van der Waals surface area contributed by atoms with Crippen LogP contribution in [-0.4, -0.2) is 77.6 Å². The highest BCUT2D eigenvalue weighted by Crippen LogP contribution is 2.34. The Labute approximate surface area is 189 Å². The third-order valence-corrected chi connectivity index (χ3v) is 6.04. The summed E-state index contributed by atoms with van der Waals surface area (Å²) in [6.45, 7) is 0.936. The lowest BCUT2D eigenvalue weighted by atomic mass is 10.1. The number of benzene rings is 1. The van der Waals surface area contributed by atoms with E-state index in [1.54, 1.807) is 28.3 Å². The number of fused-ring (bicyclic) bond motifs is 2. The van der Waals surface area contributed by atoms with Gasteiger partial charge in [0, 0.05) is 40.3 Å². The summed E-state index contributed by atoms with van der Waals surface area (Å²) in [4.78, 5) is 45.6. The van der Waals surface area contributed by atoms with Gasteiger partial charge in [-0.3, -0.25) is 14.6 Å². The number of methoxy groups -OCH3 is 1. The molecule has 0 saturated heterocycles. The lowest BCUT2D eigenvalue weighted by molar-refractivity contribution is -0.128. The maximum absolute atomic E-state index is 12.8. The molecule has 2 amide bonds. The largest absolute Gasteiger partial charge is 0.495 e. The number of thiazole rings is 1. The van der Waals surface area contributed by atoms with E-state index in [0.29, 0.717) is 35.0 Å². The molecule has 10 nitrogen and oxygen atoms in total. The van der Waals surface area contributed by atoms with Gasteiger partial charge >= 0.3 is 0 Å². The Balaban J connectivity index is 1.58. The monoisotopic (exact) mass is 453 g/mol. The van der Waals surface area contributed by atoms with Gasteiger partial charge in [-0.15, -0.1) is 0 Å². The van der Waals surface area contributed by atoms with Crippen molar-refractivity contribution < 1.29 is 14.3 Å². The quantitative estimate of drug-likeness (QED) is 0.584. The topological polar surface area (TPSA) is 113 Å². The fourth-order valence-corrected chi connectivity index (χ4v) is 4.12. The number of aromatic nitrogens is 3. The lowest BCUT2D eigenvalue weighted by Gasteiger charge is -2.17. The molecule has 1 N–H and O–H groups in total. The van der Waals surface area contributed by atoms with Crippen molar-refractivity contribution in [1.82, 2.24) is 24.8 Å². The molecule has 0 bridgehead atoms. The number of aliphatic imine (C=N–C) groups is 1. The van der Waals surface area contributed by atoms with Gasteiger partial charge in [-0.2, -0.15) is 0 Å². The van der Waals surface area contributed by atoms with E-state index >= 15 is 0 Å². The molecule has 3 heterocycles. The molecule has 3 aromatic rings. The molecule has 166 valence electrons. The highest BCUT2D eigenvalue weighted by atomic mass is 32.1. The number of carbonyl (C=O) groups excluding carboxylic acids is 2. The Kier molecular flexibility index (Phi) is 5.99. The summed E-state index contributed by atoms with van der Waals surface area (Å²) >= 11 is 1.19. The van der Waals surface area contributed by atoms with Gasteiger partial charge in [0.25, 0.3) is 5.91 Å². The Morgan fingerprint density at radius 3 is 2.78 bits per heavy atom. The molecule has 1 aliphatic rings. The minimum absolute atomic E-state index is 0.0420.